The van der Waals surface area contributed by atoms with E-state index >= 15 is 0 Å². The van der Waals surface area contributed by atoms with Gasteiger partial charge in [-0.15, -0.1) is 10.2 Å². The van der Waals surface area contributed by atoms with Gasteiger partial charge in [0.25, 0.3) is 0 Å². The van der Waals surface area contributed by atoms with Gasteiger partial charge in [-0.25, -0.2) is 0 Å². The smallest absolute Gasteiger partial charge is 0.243 e. The van der Waals surface area contributed by atoms with Crippen LogP contribution in [-0.2, 0) is 16.1 Å². The third kappa shape index (κ3) is 3.80. The zero-order chi connectivity index (χ0) is 19.5. The summed E-state index contributed by atoms with van der Waals surface area (Å²) in [5, 5.41) is 12.8. The molecule has 9 heteroatoms. The number of carbonyl (C=O) groups is 2. The fraction of sp³-hybridized carbons (Fsp3) is 0.474. The minimum Gasteiger partial charge on any atom is -0.497 e. The van der Waals surface area contributed by atoms with Crippen LogP contribution in [0.3, 0.4) is 0 Å². The molecular weight excluding hydrogens is 378 g/mol. The Hall–Kier alpha value is -2.68. The van der Waals surface area contributed by atoms with Crippen LogP contribution in [0.25, 0.3) is 0 Å². The highest BCUT2D eigenvalue weighted by molar-refractivity contribution is 7.19. The normalized spacial score (nSPS) is 19.3. The lowest BCUT2D eigenvalue weighted by Crippen LogP contribution is -2.43. The fourth-order valence-corrected chi connectivity index (χ4v) is 4.61. The molecule has 0 radical (unpaired) electrons. The quantitative estimate of drug-likeness (QED) is 0.796. The Morgan fingerprint density at radius 1 is 1.29 bits per heavy atom. The van der Waals surface area contributed by atoms with E-state index in [1.54, 1.807) is 12.0 Å². The van der Waals surface area contributed by atoms with E-state index in [-0.39, 0.29) is 17.9 Å². The Kier molecular flexibility index (Phi) is 5.43. The molecule has 1 aromatic heterocycles. The number of ether oxygens (including phenoxy) is 1. The number of aromatic nitrogens is 2. The molecular formula is C19H23N5O3S. The molecule has 2 saturated heterocycles. The van der Waals surface area contributed by atoms with Crippen molar-refractivity contribution in [2.24, 2.45) is 0 Å². The van der Waals surface area contributed by atoms with Crippen LogP contribution in [-0.4, -0.2) is 48.3 Å². The van der Waals surface area contributed by atoms with Crippen molar-refractivity contribution < 1.29 is 14.3 Å². The minimum absolute atomic E-state index is 0.0191. The number of amides is 2. The average Bonchev–Trinajstić information content (AvgIpc) is 3.45. The molecule has 2 aliphatic rings. The van der Waals surface area contributed by atoms with Gasteiger partial charge in [0.15, 0.2) is 0 Å². The van der Waals surface area contributed by atoms with Crippen molar-refractivity contribution in [1.29, 1.82) is 0 Å². The number of nitrogens with zero attached hydrogens (tertiary/aromatic N) is 4. The molecule has 0 spiro atoms. The van der Waals surface area contributed by atoms with Gasteiger partial charge in [0.05, 0.1) is 7.11 Å². The second-order valence-electron chi connectivity index (χ2n) is 6.94. The summed E-state index contributed by atoms with van der Waals surface area (Å²) in [7, 11) is 1.63. The van der Waals surface area contributed by atoms with E-state index in [0.29, 0.717) is 29.8 Å². The lowest BCUT2D eigenvalue weighted by molar-refractivity contribution is -0.122. The maximum atomic E-state index is 12.8. The third-order valence-corrected chi connectivity index (χ3v) is 6.09. The number of carbonyl (C=O) groups excluding carboxylic acids is 2. The van der Waals surface area contributed by atoms with E-state index in [4.69, 9.17) is 4.74 Å². The first-order chi connectivity index (χ1) is 13.7. The number of rotatable bonds is 6. The third-order valence-electron chi connectivity index (χ3n) is 5.11. The maximum Gasteiger partial charge on any atom is 0.243 e. The van der Waals surface area contributed by atoms with Crippen LogP contribution in [0.4, 0.5) is 10.3 Å². The number of nitrogens with one attached hydrogen (secondary N) is 1. The molecule has 1 aromatic carbocycles. The molecule has 148 valence electrons. The van der Waals surface area contributed by atoms with Crippen molar-refractivity contribution in [2.75, 3.05) is 30.0 Å². The van der Waals surface area contributed by atoms with Crippen LogP contribution in [0.5, 0.6) is 5.75 Å². The van der Waals surface area contributed by atoms with Crippen LogP contribution >= 0.6 is 11.3 Å². The van der Waals surface area contributed by atoms with Gasteiger partial charge in [0.1, 0.15) is 11.8 Å². The van der Waals surface area contributed by atoms with Crippen LogP contribution in [0.1, 0.15) is 31.2 Å². The molecule has 1 N–H and O–H groups in total. The molecule has 2 amide bonds. The summed E-state index contributed by atoms with van der Waals surface area (Å²) < 4.78 is 5.23. The fourth-order valence-electron chi connectivity index (χ4n) is 3.64. The average molecular weight is 401 g/mol. The van der Waals surface area contributed by atoms with Gasteiger partial charge < -0.3 is 15.0 Å². The monoisotopic (exact) mass is 401 g/mol. The molecule has 0 aliphatic carbocycles. The molecule has 8 nitrogen and oxygen atoms in total. The van der Waals surface area contributed by atoms with E-state index in [1.165, 1.54) is 11.3 Å². The first-order valence-electron chi connectivity index (χ1n) is 9.47. The van der Waals surface area contributed by atoms with Crippen molar-refractivity contribution in [3.05, 3.63) is 29.8 Å². The van der Waals surface area contributed by atoms with Gasteiger partial charge in [-0.05, 0) is 37.0 Å². The largest absolute Gasteiger partial charge is 0.497 e. The summed E-state index contributed by atoms with van der Waals surface area (Å²) in [5.74, 6) is 0.845. The molecule has 3 heterocycles. The van der Waals surface area contributed by atoms with Crippen molar-refractivity contribution in [3.63, 3.8) is 0 Å². The number of benzene rings is 1. The predicted octanol–water partition coefficient (Wildman–Crippen LogP) is 1.96. The van der Waals surface area contributed by atoms with E-state index < -0.39 is 0 Å². The summed E-state index contributed by atoms with van der Waals surface area (Å²) in [5.41, 5.74) is 0.989. The summed E-state index contributed by atoms with van der Waals surface area (Å²) >= 11 is 1.38. The van der Waals surface area contributed by atoms with Crippen LogP contribution in [0, 0.1) is 0 Å². The van der Waals surface area contributed by atoms with Crippen molar-refractivity contribution >= 4 is 33.4 Å². The number of hydrogen-bond acceptors (Lipinski definition) is 7. The molecule has 1 atom stereocenters. The summed E-state index contributed by atoms with van der Waals surface area (Å²) in [4.78, 5) is 28.4. The van der Waals surface area contributed by atoms with E-state index in [9.17, 15) is 9.59 Å². The standard InChI is InChI=1S/C19H23N5O3S/c1-27-14-6-2-5-13(11-14)12-20-17(26)15-7-3-9-23(15)18-21-22-19(28-18)24-10-4-8-16(24)25/h2,5-6,11,15H,3-4,7-10,12H2,1H3,(H,20,26)/t15-/m1/s1. The Labute approximate surface area is 167 Å². The topological polar surface area (TPSA) is 87.7 Å². The maximum absolute atomic E-state index is 12.8. The lowest BCUT2D eigenvalue weighted by Gasteiger charge is -2.22. The van der Waals surface area contributed by atoms with Crippen LogP contribution < -0.4 is 19.9 Å². The van der Waals surface area contributed by atoms with Crippen molar-refractivity contribution in [2.45, 2.75) is 38.3 Å². The molecule has 28 heavy (non-hydrogen) atoms. The number of methoxy groups -OCH3 is 1. The highest BCUT2D eigenvalue weighted by atomic mass is 32.1. The minimum atomic E-state index is -0.263. The molecule has 0 unspecified atom stereocenters. The second-order valence-corrected chi connectivity index (χ2v) is 7.87. The van der Waals surface area contributed by atoms with Crippen molar-refractivity contribution in [1.82, 2.24) is 15.5 Å². The summed E-state index contributed by atoms with van der Waals surface area (Å²) in [6.45, 7) is 1.90. The SMILES string of the molecule is COc1cccc(CNC(=O)[C@H]2CCCN2c2nnc(N3CCCC3=O)s2)c1. The van der Waals surface area contributed by atoms with Gasteiger partial charge in [-0.3, -0.25) is 14.5 Å². The lowest BCUT2D eigenvalue weighted by atomic mass is 10.2. The van der Waals surface area contributed by atoms with E-state index in [0.717, 1.165) is 37.1 Å². The number of hydrogen-bond donors (Lipinski definition) is 1. The summed E-state index contributed by atoms with van der Waals surface area (Å²) in [6, 6.07) is 7.39. The zero-order valence-electron chi connectivity index (χ0n) is 15.8. The van der Waals surface area contributed by atoms with Gasteiger partial charge in [-0.1, -0.05) is 23.5 Å². The van der Waals surface area contributed by atoms with Gasteiger partial charge in [0.2, 0.25) is 22.1 Å². The number of anilines is 2. The van der Waals surface area contributed by atoms with Gasteiger partial charge in [-0.2, -0.15) is 0 Å². The van der Waals surface area contributed by atoms with Gasteiger partial charge >= 0.3 is 0 Å². The van der Waals surface area contributed by atoms with E-state index in [1.807, 2.05) is 29.2 Å². The molecule has 4 rings (SSSR count). The summed E-state index contributed by atoms with van der Waals surface area (Å²) in [6.07, 6.45) is 3.12. The van der Waals surface area contributed by atoms with Crippen molar-refractivity contribution in [3.8, 4) is 5.75 Å². The van der Waals surface area contributed by atoms with Crippen LogP contribution in [0.15, 0.2) is 24.3 Å². The highest BCUT2D eigenvalue weighted by Crippen LogP contribution is 2.33. The van der Waals surface area contributed by atoms with Crippen LogP contribution in [0.2, 0.25) is 0 Å². The van der Waals surface area contributed by atoms with Gasteiger partial charge in [0, 0.05) is 26.1 Å². The molecule has 0 bridgehead atoms. The first-order valence-corrected chi connectivity index (χ1v) is 10.3. The Balaban J connectivity index is 1.41. The zero-order valence-corrected chi connectivity index (χ0v) is 16.6. The predicted molar refractivity (Wildman–Crippen MR) is 107 cm³/mol. The Morgan fingerprint density at radius 3 is 2.93 bits per heavy atom. The van der Waals surface area contributed by atoms with E-state index in [2.05, 4.69) is 15.5 Å². The molecule has 2 aromatic rings. The highest BCUT2D eigenvalue weighted by Gasteiger charge is 2.34. The molecule has 2 aliphatic heterocycles. The molecule has 2 fully saturated rings. The molecule has 0 saturated carbocycles. The first kappa shape index (κ1) is 18.7. The second kappa shape index (κ2) is 8.14. The Morgan fingerprint density at radius 2 is 2.14 bits per heavy atom. The Bertz CT molecular complexity index is 871.